The molecule has 1 atom stereocenters. The van der Waals surface area contributed by atoms with Gasteiger partial charge in [0.2, 0.25) is 5.91 Å². The molecule has 4 heterocycles. The molecule has 2 aromatic heterocycles. The van der Waals surface area contributed by atoms with Crippen molar-refractivity contribution in [1.29, 1.82) is 0 Å². The molecule has 3 fully saturated rings. The summed E-state index contributed by atoms with van der Waals surface area (Å²) >= 11 is 6.23. The number of pyridine rings is 1. The van der Waals surface area contributed by atoms with Crippen LogP contribution in [-0.4, -0.2) is 63.3 Å². The highest BCUT2D eigenvalue weighted by Gasteiger charge is 2.61. The topological polar surface area (TPSA) is 103 Å². The van der Waals surface area contributed by atoms with Gasteiger partial charge in [0.05, 0.1) is 17.7 Å². The number of fused-ring (bicyclic) bond motifs is 1. The third-order valence-corrected chi connectivity index (χ3v) is 10.8. The van der Waals surface area contributed by atoms with Gasteiger partial charge in [0, 0.05) is 48.0 Å². The first-order valence-electron chi connectivity index (χ1n) is 18.7. The van der Waals surface area contributed by atoms with Gasteiger partial charge >= 0.3 is 12.1 Å². The summed E-state index contributed by atoms with van der Waals surface area (Å²) < 4.78 is 19.0. The van der Waals surface area contributed by atoms with Crippen molar-refractivity contribution >= 4 is 46.3 Å². The molecule has 53 heavy (non-hydrogen) atoms. The molecule has 1 saturated carbocycles. The molecule has 280 valence electrons. The molecule has 1 aliphatic carbocycles. The minimum Gasteiger partial charge on any atom is -0.456 e. The SMILES string of the molecule is CC(C)(C)OC(=O)c1ccc(N2CCC(CN3C(=O)C4(CCCC4)C3c3ccc(Cl)cc3)CC2)cc1Oc1cnc2c(ccn2C(=O)OC(C)(C)C)c1. The third kappa shape index (κ3) is 7.61. The number of ether oxygens (including phenoxy) is 3. The molecular weight excluding hydrogens is 692 g/mol. The maximum atomic E-state index is 13.7. The van der Waals surface area contributed by atoms with Crippen LogP contribution in [0, 0.1) is 11.3 Å². The Morgan fingerprint density at radius 2 is 1.58 bits per heavy atom. The number of aromatic nitrogens is 2. The summed E-state index contributed by atoms with van der Waals surface area (Å²) in [6, 6.07) is 17.3. The molecule has 0 N–H and O–H groups in total. The maximum Gasteiger partial charge on any atom is 0.420 e. The summed E-state index contributed by atoms with van der Waals surface area (Å²) in [6.45, 7) is 13.3. The predicted molar refractivity (Wildman–Crippen MR) is 205 cm³/mol. The van der Waals surface area contributed by atoms with Crippen molar-refractivity contribution in [2.24, 2.45) is 11.3 Å². The highest BCUT2D eigenvalue weighted by Crippen LogP contribution is 2.59. The van der Waals surface area contributed by atoms with Gasteiger partial charge < -0.3 is 24.0 Å². The molecule has 11 heteroatoms. The van der Waals surface area contributed by atoms with Crippen molar-refractivity contribution in [2.45, 2.75) is 97.3 Å². The monoisotopic (exact) mass is 740 g/mol. The lowest BCUT2D eigenvalue weighted by Gasteiger charge is -2.56. The zero-order chi connectivity index (χ0) is 37.7. The van der Waals surface area contributed by atoms with Gasteiger partial charge in [-0.05, 0) is 115 Å². The van der Waals surface area contributed by atoms with E-state index in [1.165, 1.54) is 16.3 Å². The van der Waals surface area contributed by atoms with Gasteiger partial charge in [-0.15, -0.1) is 0 Å². The molecule has 7 rings (SSSR count). The zero-order valence-electron chi connectivity index (χ0n) is 31.5. The van der Waals surface area contributed by atoms with Crippen LogP contribution in [0.2, 0.25) is 5.02 Å². The van der Waals surface area contributed by atoms with E-state index in [2.05, 4.69) is 26.9 Å². The summed E-state index contributed by atoms with van der Waals surface area (Å²) in [6.07, 6.45) is 8.63. The highest BCUT2D eigenvalue weighted by atomic mass is 35.5. The quantitative estimate of drug-likeness (QED) is 0.136. The number of hydrogen-bond acceptors (Lipinski definition) is 8. The lowest BCUT2D eigenvalue weighted by Crippen LogP contribution is -2.63. The third-order valence-electron chi connectivity index (χ3n) is 10.5. The molecule has 2 saturated heterocycles. The lowest BCUT2D eigenvalue weighted by atomic mass is 9.66. The van der Waals surface area contributed by atoms with E-state index in [-0.39, 0.29) is 11.5 Å². The fraction of sp³-hybridized carbons (Fsp3) is 0.476. The number of halogens is 1. The van der Waals surface area contributed by atoms with Crippen LogP contribution < -0.4 is 9.64 Å². The smallest absolute Gasteiger partial charge is 0.420 e. The second kappa shape index (κ2) is 14.0. The molecule has 0 radical (unpaired) electrons. The summed E-state index contributed by atoms with van der Waals surface area (Å²) in [5, 5.41) is 1.39. The number of benzene rings is 2. The lowest BCUT2D eigenvalue weighted by molar-refractivity contribution is -0.174. The molecule has 2 aliphatic heterocycles. The van der Waals surface area contributed by atoms with Gasteiger partial charge in [0.1, 0.15) is 33.9 Å². The number of piperidine rings is 1. The minimum atomic E-state index is -0.693. The Labute approximate surface area is 316 Å². The van der Waals surface area contributed by atoms with E-state index in [1.54, 1.807) is 24.4 Å². The minimum absolute atomic E-state index is 0.109. The zero-order valence-corrected chi connectivity index (χ0v) is 32.2. The van der Waals surface area contributed by atoms with E-state index in [1.807, 2.05) is 65.8 Å². The van der Waals surface area contributed by atoms with Gasteiger partial charge in [-0.2, -0.15) is 0 Å². The van der Waals surface area contributed by atoms with Crippen molar-refractivity contribution in [3.8, 4) is 11.5 Å². The second-order valence-electron chi connectivity index (χ2n) is 16.7. The number of rotatable bonds is 7. The summed E-state index contributed by atoms with van der Waals surface area (Å²) in [5.74, 6) is 0.967. The van der Waals surface area contributed by atoms with E-state index in [0.717, 1.165) is 63.8 Å². The standard InChI is InChI=1S/C42H49ClN4O6/c1-40(2,3)52-37(48)33-14-13-31(24-34(33)51-32-23-29-17-22-46(36(29)44-25-32)39(50)53-41(4,5)6)45-20-15-27(16-21-45)26-47-35(28-9-11-30(43)12-10-28)42(38(47)49)18-7-8-19-42/h9-14,17,22-25,27,35H,7-8,15-16,18-21,26H2,1-6H3. The van der Waals surface area contributed by atoms with Gasteiger partial charge in [-0.3, -0.25) is 4.79 Å². The second-order valence-corrected chi connectivity index (χ2v) is 17.2. The van der Waals surface area contributed by atoms with Crippen molar-refractivity contribution < 1.29 is 28.6 Å². The molecular formula is C42H49ClN4O6. The number of amides is 1. The highest BCUT2D eigenvalue weighted by molar-refractivity contribution is 6.30. The van der Waals surface area contributed by atoms with E-state index < -0.39 is 23.3 Å². The van der Waals surface area contributed by atoms with Crippen LogP contribution in [-0.2, 0) is 14.3 Å². The van der Waals surface area contributed by atoms with Gasteiger partial charge in [-0.25, -0.2) is 19.1 Å². The average molecular weight is 741 g/mol. The van der Waals surface area contributed by atoms with Crippen LogP contribution in [0.15, 0.2) is 67.0 Å². The van der Waals surface area contributed by atoms with Crippen LogP contribution in [0.1, 0.15) is 102 Å². The van der Waals surface area contributed by atoms with Crippen molar-refractivity contribution in [3.63, 3.8) is 0 Å². The number of carbonyl (C=O) groups is 3. The average Bonchev–Trinajstić information content (AvgIpc) is 3.77. The van der Waals surface area contributed by atoms with Gasteiger partial charge in [0.25, 0.3) is 0 Å². The number of hydrogen-bond donors (Lipinski definition) is 0. The number of nitrogens with zero attached hydrogens (tertiary/aromatic N) is 4. The molecule has 10 nitrogen and oxygen atoms in total. The van der Waals surface area contributed by atoms with Crippen LogP contribution in [0.3, 0.4) is 0 Å². The summed E-state index contributed by atoms with van der Waals surface area (Å²) in [4.78, 5) is 48.8. The molecule has 4 aromatic rings. The van der Waals surface area contributed by atoms with E-state index in [4.69, 9.17) is 25.8 Å². The normalized spacial score (nSPS) is 19.1. The fourth-order valence-electron chi connectivity index (χ4n) is 8.17. The van der Waals surface area contributed by atoms with E-state index in [9.17, 15) is 14.4 Å². The Morgan fingerprint density at radius 1 is 0.906 bits per heavy atom. The van der Waals surface area contributed by atoms with Gasteiger partial charge in [0.15, 0.2) is 0 Å². The molecule has 1 amide bonds. The molecule has 0 bridgehead atoms. The number of β-lactam (4-membered cyclic amide) rings is 1. The summed E-state index contributed by atoms with van der Waals surface area (Å²) in [5.41, 5.74) is 1.25. The number of esters is 1. The Morgan fingerprint density at radius 3 is 2.25 bits per heavy atom. The van der Waals surface area contributed by atoms with E-state index >= 15 is 0 Å². The number of carbonyl (C=O) groups excluding carboxylic acids is 3. The first-order valence-corrected chi connectivity index (χ1v) is 19.1. The summed E-state index contributed by atoms with van der Waals surface area (Å²) in [7, 11) is 0. The fourth-order valence-corrected chi connectivity index (χ4v) is 8.29. The first-order chi connectivity index (χ1) is 25.1. The largest absolute Gasteiger partial charge is 0.456 e. The molecule has 3 aliphatic rings. The first kappa shape index (κ1) is 36.8. The van der Waals surface area contributed by atoms with Crippen molar-refractivity contribution in [1.82, 2.24) is 14.5 Å². The Bertz CT molecular complexity index is 2010. The van der Waals surface area contributed by atoms with Crippen molar-refractivity contribution in [2.75, 3.05) is 24.5 Å². The van der Waals surface area contributed by atoms with Crippen molar-refractivity contribution in [3.05, 3.63) is 83.1 Å². The van der Waals surface area contributed by atoms with Crippen LogP contribution >= 0.6 is 11.6 Å². The Kier molecular flexibility index (Phi) is 9.72. The molecule has 2 aromatic carbocycles. The molecule has 1 spiro atoms. The van der Waals surface area contributed by atoms with Gasteiger partial charge in [-0.1, -0.05) is 36.6 Å². The van der Waals surface area contributed by atoms with Crippen LogP contribution in [0.25, 0.3) is 11.0 Å². The Hall–Kier alpha value is -4.57. The van der Waals surface area contributed by atoms with Crippen LogP contribution in [0.5, 0.6) is 11.5 Å². The number of anilines is 1. The number of likely N-dealkylation sites (tertiary alicyclic amines) is 1. The predicted octanol–water partition coefficient (Wildman–Crippen LogP) is 9.58. The van der Waals surface area contributed by atoms with E-state index in [0.29, 0.717) is 44.9 Å². The van der Waals surface area contributed by atoms with Crippen LogP contribution in [0.4, 0.5) is 10.5 Å². The Balaban J connectivity index is 1.07. The maximum absolute atomic E-state index is 13.7. The molecule has 1 unspecified atom stereocenters.